The maximum atomic E-state index is 12.0. The first-order valence-corrected chi connectivity index (χ1v) is 7.95. The first kappa shape index (κ1) is 15.1. The highest BCUT2D eigenvalue weighted by Crippen LogP contribution is 2.40. The quantitative estimate of drug-likeness (QED) is 0.832. The number of amides is 1. The molecule has 0 aromatic heterocycles. The van der Waals surface area contributed by atoms with Gasteiger partial charge in [-0.15, -0.1) is 0 Å². The second kappa shape index (κ2) is 6.92. The predicted molar refractivity (Wildman–Crippen MR) is 83.7 cm³/mol. The van der Waals surface area contributed by atoms with Gasteiger partial charge in [0.25, 0.3) is 0 Å². The third-order valence-corrected chi connectivity index (χ3v) is 4.52. The molecule has 1 aliphatic rings. The van der Waals surface area contributed by atoms with Gasteiger partial charge in [-0.25, -0.2) is 0 Å². The van der Waals surface area contributed by atoms with E-state index in [4.69, 9.17) is 0 Å². The molecule has 1 aromatic rings. The summed E-state index contributed by atoms with van der Waals surface area (Å²) in [6.07, 6.45) is 6.57. The van der Waals surface area contributed by atoms with Crippen LogP contribution >= 0.6 is 0 Å². The van der Waals surface area contributed by atoms with Crippen molar-refractivity contribution in [2.45, 2.75) is 57.8 Å². The van der Waals surface area contributed by atoms with E-state index in [0.717, 1.165) is 13.0 Å². The van der Waals surface area contributed by atoms with Gasteiger partial charge < -0.3 is 5.32 Å². The SMILES string of the molecule is CC(C)CCC(=O)NCC1(c2ccccc2)CCCC1. The van der Waals surface area contributed by atoms with Gasteiger partial charge in [0.2, 0.25) is 5.91 Å². The van der Waals surface area contributed by atoms with Gasteiger partial charge >= 0.3 is 0 Å². The molecule has 0 saturated heterocycles. The fraction of sp³-hybridized carbons (Fsp3) is 0.611. The summed E-state index contributed by atoms with van der Waals surface area (Å²) < 4.78 is 0. The molecule has 1 aromatic carbocycles. The maximum Gasteiger partial charge on any atom is 0.220 e. The molecule has 0 aliphatic heterocycles. The molecule has 0 bridgehead atoms. The molecule has 2 nitrogen and oxygen atoms in total. The van der Waals surface area contributed by atoms with Crippen molar-refractivity contribution in [3.8, 4) is 0 Å². The molecule has 1 fully saturated rings. The van der Waals surface area contributed by atoms with Crippen LogP contribution in [-0.4, -0.2) is 12.5 Å². The standard InChI is InChI=1S/C18H27NO/c1-15(2)10-11-17(20)19-14-18(12-6-7-13-18)16-8-4-3-5-9-16/h3-5,8-9,15H,6-7,10-14H2,1-2H3,(H,19,20). The lowest BCUT2D eigenvalue weighted by Crippen LogP contribution is -2.39. The lowest BCUT2D eigenvalue weighted by Gasteiger charge is -2.30. The van der Waals surface area contributed by atoms with Crippen LogP contribution in [-0.2, 0) is 10.2 Å². The lowest BCUT2D eigenvalue weighted by molar-refractivity contribution is -0.121. The minimum Gasteiger partial charge on any atom is -0.355 e. The van der Waals surface area contributed by atoms with Gasteiger partial charge in [0.05, 0.1) is 0 Å². The van der Waals surface area contributed by atoms with E-state index in [1.165, 1.54) is 31.2 Å². The van der Waals surface area contributed by atoms with Crippen molar-refractivity contribution >= 4 is 5.91 Å². The molecule has 0 radical (unpaired) electrons. The zero-order chi connectivity index (χ0) is 14.4. The molecule has 110 valence electrons. The number of nitrogens with one attached hydrogen (secondary N) is 1. The Morgan fingerprint density at radius 3 is 2.45 bits per heavy atom. The van der Waals surface area contributed by atoms with Crippen LogP contribution in [0.2, 0.25) is 0 Å². The van der Waals surface area contributed by atoms with Crippen molar-refractivity contribution in [3.05, 3.63) is 35.9 Å². The summed E-state index contributed by atoms with van der Waals surface area (Å²) in [5.41, 5.74) is 1.57. The third kappa shape index (κ3) is 3.84. The predicted octanol–water partition coefficient (Wildman–Crippen LogP) is 4.05. The summed E-state index contributed by atoms with van der Waals surface area (Å²) in [5.74, 6) is 0.802. The van der Waals surface area contributed by atoms with Crippen LogP contribution in [0.1, 0.15) is 57.9 Å². The Kier molecular flexibility index (Phi) is 5.22. The van der Waals surface area contributed by atoms with E-state index < -0.39 is 0 Å². The molecule has 20 heavy (non-hydrogen) atoms. The van der Waals surface area contributed by atoms with Crippen molar-refractivity contribution in [3.63, 3.8) is 0 Å². The van der Waals surface area contributed by atoms with Gasteiger partial charge in [-0.1, -0.05) is 57.0 Å². The largest absolute Gasteiger partial charge is 0.355 e. The van der Waals surface area contributed by atoms with Crippen LogP contribution in [0.25, 0.3) is 0 Å². The number of carbonyl (C=O) groups excluding carboxylic acids is 1. The summed E-state index contributed by atoms with van der Waals surface area (Å²) in [5, 5.41) is 3.18. The van der Waals surface area contributed by atoms with E-state index in [1.54, 1.807) is 0 Å². The third-order valence-electron chi connectivity index (χ3n) is 4.52. The van der Waals surface area contributed by atoms with Gasteiger partial charge in [-0.05, 0) is 30.7 Å². The van der Waals surface area contributed by atoms with Crippen LogP contribution in [0, 0.1) is 5.92 Å². The van der Waals surface area contributed by atoms with Gasteiger partial charge in [-0.2, -0.15) is 0 Å². The molecule has 0 spiro atoms. The summed E-state index contributed by atoms with van der Waals surface area (Å²) in [7, 11) is 0. The first-order chi connectivity index (χ1) is 9.62. The highest BCUT2D eigenvalue weighted by Gasteiger charge is 2.35. The second-order valence-corrected chi connectivity index (χ2v) is 6.56. The smallest absolute Gasteiger partial charge is 0.220 e. The van der Waals surface area contributed by atoms with Crippen LogP contribution < -0.4 is 5.32 Å². The summed E-state index contributed by atoms with van der Waals surface area (Å²) in [4.78, 5) is 12.0. The fourth-order valence-electron chi connectivity index (χ4n) is 3.19. The van der Waals surface area contributed by atoms with Crippen molar-refractivity contribution in [2.24, 2.45) is 5.92 Å². The zero-order valence-electron chi connectivity index (χ0n) is 12.8. The maximum absolute atomic E-state index is 12.0. The molecule has 2 heteroatoms. The van der Waals surface area contributed by atoms with E-state index in [1.807, 2.05) is 0 Å². The Bertz CT molecular complexity index is 418. The van der Waals surface area contributed by atoms with Crippen molar-refractivity contribution in [1.29, 1.82) is 0 Å². The molecule has 0 atom stereocenters. The number of hydrogen-bond acceptors (Lipinski definition) is 1. The monoisotopic (exact) mass is 273 g/mol. The molecule has 2 rings (SSSR count). The summed E-state index contributed by atoms with van der Waals surface area (Å²) in [6.45, 7) is 5.12. The van der Waals surface area contributed by atoms with E-state index in [9.17, 15) is 4.79 Å². The molecule has 1 aliphatic carbocycles. The first-order valence-electron chi connectivity index (χ1n) is 7.95. The van der Waals surface area contributed by atoms with Gasteiger partial charge in [-0.3, -0.25) is 4.79 Å². The van der Waals surface area contributed by atoms with Gasteiger partial charge in [0.15, 0.2) is 0 Å². The molecule has 1 saturated carbocycles. The van der Waals surface area contributed by atoms with Gasteiger partial charge in [0, 0.05) is 18.4 Å². The fourth-order valence-corrected chi connectivity index (χ4v) is 3.19. The van der Waals surface area contributed by atoms with Crippen LogP contribution in [0.3, 0.4) is 0 Å². The molecular formula is C18H27NO. The van der Waals surface area contributed by atoms with E-state index >= 15 is 0 Å². The van der Waals surface area contributed by atoms with E-state index in [-0.39, 0.29) is 11.3 Å². The molecule has 1 amide bonds. The Hall–Kier alpha value is -1.31. The number of hydrogen-bond donors (Lipinski definition) is 1. The Morgan fingerprint density at radius 2 is 1.85 bits per heavy atom. The minimum absolute atomic E-state index is 0.175. The Labute approximate surface area is 123 Å². The highest BCUT2D eigenvalue weighted by atomic mass is 16.1. The summed E-state index contributed by atoms with van der Waals surface area (Å²) >= 11 is 0. The number of carbonyl (C=O) groups is 1. The Balaban J connectivity index is 1.95. The second-order valence-electron chi connectivity index (χ2n) is 6.56. The number of benzene rings is 1. The van der Waals surface area contributed by atoms with Crippen LogP contribution in [0.5, 0.6) is 0 Å². The highest BCUT2D eigenvalue weighted by molar-refractivity contribution is 5.76. The lowest BCUT2D eigenvalue weighted by atomic mass is 9.79. The molecular weight excluding hydrogens is 246 g/mol. The van der Waals surface area contributed by atoms with Gasteiger partial charge in [0.1, 0.15) is 0 Å². The molecule has 0 heterocycles. The molecule has 1 N–H and O–H groups in total. The van der Waals surface area contributed by atoms with Crippen LogP contribution in [0.4, 0.5) is 0 Å². The average molecular weight is 273 g/mol. The van der Waals surface area contributed by atoms with E-state index in [0.29, 0.717) is 12.3 Å². The van der Waals surface area contributed by atoms with Crippen molar-refractivity contribution < 1.29 is 4.79 Å². The molecule has 0 unspecified atom stereocenters. The normalized spacial score (nSPS) is 17.4. The topological polar surface area (TPSA) is 29.1 Å². The number of rotatable bonds is 6. The van der Waals surface area contributed by atoms with E-state index in [2.05, 4.69) is 49.5 Å². The summed E-state index contributed by atoms with van der Waals surface area (Å²) in [6, 6.07) is 10.7. The van der Waals surface area contributed by atoms with Crippen molar-refractivity contribution in [2.75, 3.05) is 6.54 Å². The average Bonchev–Trinajstić information content (AvgIpc) is 2.94. The van der Waals surface area contributed by atoms with Crippen molar-refractivity contribution in [1.82, 2.24) is 5.32 Å². The van der Waals surface area contributed by atoms with Crippen LogP contribution in [0.15, 0.2) is 30.3 Å². The Morgan fingerprint density at radius 1 is 1.20 bits per heavy atom. The zero-order valence-corrected chi connectivity index (χ0v) is 12.8. The minimum atomic E-state index is 0.175.